The summed E-state index contributed by atoms with van der Waals surface area (Å²) in [7, 11) is -3.58. The number of rotatable bonds is 6. The van der Waals surface area contributed by atoms with E-state index < -0.39 is 10.0 Å². The van der Waals surface area contributed by atoms with Crippen molar-refractivity contribution < 1.29 is 13.5 Å². The van der Waals surface area contributed by atoms with Gasteiger partial charge in [-0.05, 0) is 50.8 Å². The van der Waals surface area contributed by atoms with Crippen LogP contribution in [0.1, 0.15) is 28.3 Å². The number of aromatic nitrogens is 1. The fourth-order valence-electron chi connectivity index (χ4n) is 3.14. The molecule has 0 saturated heterocycles. The maximum absolute atomic E-state index is 12.8. The van der Waals surface area contributed by atoms with Gasteiger partial charge in [0.15, 0.2) is 0 Å². The maximum Gasteiger partial charge on any atom is 0.241 e. The minimum atomic E-state index is -3.58. The molecule has 2 N–H and O–H groups in total. The molecule has 7 heteroatoms. The second-order valence-corrected chi connectivity index (χ2v) is 9.56. The number of aliphatic hydroxyl groups excluding tert-OH is 1. The Balaban J connectivity index is 1.82. The van der Waals surface area contributed by atoms with Gasteiger partial charge in [0.25, 0.3) is 0 Å². The summed E-state index contributed by atoms with van der Waals surface area (Å²) < 4.78 is 28.5. The Morgan fingerprint density at radius 2 is 2.12 bits per heavy atom. The van der Waals surface area contributed by atoms with Crippen LogP contribution in [0.25, 0.3) is 0 Å². The van der Waals surface area contributed by atoms with Gasteiger partial charge in [0.1, 0.15) is 0 Å². The number of nitrogens with zero attached hydrogens (tertiary/aromatic N) is 1. The molecule has 0 unspecified atom stereocenters. The van der Waals surface area contributed by atoms with Crippen LogP contribution < -0.4 is 4.72 Å². The summed E-state index contributed by atoms with van der Waals surface area (Å²) in [5.74, 6) is 0.136. The first kappa shape index (κ1) is 17.5. The summed E-state index contributed by atoms with van der Waals surface area (Å²) >= 11 is 1.48. The summed E-state index contributed by atoms with van der Waals surface area (Å²) in [5, 5.41) is 9.60. The summed E-state index contributed by atoms with van der Waals surface area (Å²) in [6.07, 6.45) is 3.17. The van der Waals surface area contributed by atoms with Gasteiger partial charge >= 0.3 is 0 Å². The first-order chi connectivity index (χ1) is 11.3. The van der Waals surface area contributed by atoms with Gasteiger partial charge in [0.05, 0.1) is 11.0 Å². The molecule has 2 aromatic rings. The van der Waals surface area contributed by atoms with Crippen LogP contribution in [0.15, 0.2) is 35.4 Å². The van der Waals surface area contributed by atoms with Gasteiger partial charge in [0, 0.05) is 34.1 Å². The molecule has 1 saturated carbocycles. The Bertz CT molecular complexity index is 796. The van der Waals surface area contributed by atoms with Gasteiger partial charge in [-0.1, -0.05) is 6.07 Å². The molecule has 24 heavy (non-hydrogen) atoms. The molecule has 0 spiro atoms. The standard InChI is InChI=1S/C17H22N2O3S2/c1-11-7-17(12(2)23-11)24(21,22)19-16(13-8-15(20)9-13)10-14-5-3-4-6-18-14/h3-7,13,15-16,19-20H,8-10H2,1-2H3/t13?,15?,16-/m1/s1. The topological polar surface area (TPSA) is 79.3 Å². The van der Waals surface area contributed by atoms with Crippen LogP contribution >= 0.6 is 11.3 Å². The van der Waals surface area contributed by atoms with Gasteiger partial charge in [-0.25, -0.2) is 13.1 Å². The van der Waals surface area contributed by atoms with Crippen LogP contribution in [0.2, 0.25) is 0 Å². The van der Waals surface area contributed by atoms with E-state index in [1.807, 2.05) is 32.0 Å². The van der Waals surface area contributed by atoms with E-state index in [9.17, 15) is 13.5 Å². The SMILES string of the molecule is Cc1cc(S(=O)(=O)N[C@H](Cc2ccccn2)C2CC(O)C2)c(C)s1. The lowest BCUT2D eigenvalue weighted by Crippen LogP contribution is -2.48. The summed E-state index contributed by atoms with van der Waals surface area (Å²) in [4.78, 5) is 6.44. The number of nitrogens with one attached hydrogen (secondary N) is 1. The van der Waals surface area contributed by atoms with Crippen molar-refractivity contribution in [2.75, 3.05) is 0 Å². The van der Waals surface area contributed by atoms with Gasteiger partial charge in [0.2, 0.25) is 10.0 Å². The molecule has 3 rings (SSSR count). The second-order valence-electron chi connectivity index (χ2n) is 6.42. The molecule has 1 atom stereocenters. The molecule has 2 aromatic heterocycles. The third kappa shape index (κ3) is 3.85. The van der Waals surface area contributed by atoms with Crippen LogP contribution in [0.5, 0.6) is 0 Å². The highest BCUT2D eigenvalue weighted by molar-refractivity contribution is 7.89. The molecular formula is C17H22N2O3S2. The smallest absolute Gasteiger partial charge is 0.241 e. The van der Waals surface area contributed by atoms with Crippen LogP contribution in [-0.4, -0.2) is 30.7 Å². The molecule has 1 fully saturated rings. The Morgan fingerprint density at radius 3 is 2.67 bits per heavy atom. The molecule has 0 bridgehead atoms. The average Bonchev–Trinajstić information content (AvgIpc) is 2.84. The van der Waals surface area contributed by atoms with Gasteiger partial charge in [-0.15, -0.1) is 11.3 Å². The van der Waals surface area contributed by atoms with Crippen molar-refractivity contribution in [2.45, 2.75) is 50.2 Å². The lowest BCUT2D eigenvalue weighted by Gasteiger charge is -2.37. The van der Waals surface area contributed by atoms with Crippen molar-refractivity contribution in [1.29, 1.82) is 0 Å². The van der Waals surface area contributed by atoms with Crippen LogP contribution in [0.3, 0.4) is 0 Å². The van der Waals surface area contributed by atoms with E-state index in [4.69, 9.17) is 0 Å². The van der Waals surface area contributed by atoms with E-state index in [0.717, 1.165) is 15.4 Å². The molecule has 5 nitrogen and oxygen atoms in total. The molecule has 1 aliphatic rings. The maximum atomic E-state index is 12.8. The molecule has 1 aliphatic carbocycles. The second kappa shape index (κ2) is 6.92. The van der Waals surface area contributed by atoms with Crippen molar-refractivity contribution in [2.24, 2.45) is 5.92 Å². The Labute approximate surface area is 146 Å². The number of thiophene rings is 1. The van der Waals surface area contributed by atoms with Crippen LogP contribution in [0.4, 0.5) is 0 Å². The van der Waals surface area contributed by atoms with Crippen molar-refractivity contribution in [1.82, 2.24) is 9.71 Å². The summed E-state index contributed by atoms with van der Waals surface area (Å²) in [5.41, 5.74) is 0.852. The Morgan fingerprint density at radius 1 is 1.38 bits per heavy atom. The monoisotopic (exact) mass is 366 g/mol. The first-order valence-corrected chi connectivity index (χ1v) is 10.3. The molecule has 0 aliphatic heterocycles. The average molecular weight is 367 g/mol. The minimum Gasteiger partial charge on any atom is -0.393 e. The molecule has 0 aromatic carbocycles. The molecule has 130 valence electrons. The van der Waals surface area contributed by atoms with Gasteiger partial charge < -0.3 is 5.11 Å². The van der Waals surface area contributed by atoms with Crippen molar-refractivity contribution in [3.05, 3.63) is 45.9 Å². The predicted octanol–water partition coefficient (Wildman–Crippen LogP) is 2.42. The zero-order valence-corrected chi connectivity index (χ0v) is 15.4. The zero-order chi connectivity index (χ0) is 17.3. The third-order valence-corrected chi connectivity index (χ3v) is 7.18. The number of hydrogen-bond donors (Lipinski definition) is 2. The van der Waals surface area contributed by atoms with E-state index in [0.29, 0.717) is 24.2 Å². The number of aliphatic hydroxyl groups is 1. The van der Waals surface area contributed by atoms with E-state index >= 15 is 0 Å². The van der Waals surface area contributed by atoms with E-state index in [1.165, 1.54) is 11.3 Å². The van der Waals surface area contributed by atoms with Crippen molar-refractivity contribution >= 4 is 21.4 Å². The molecule has 2 heterocycles. The molecular weight excluding hydrogens is 344 g/mol. The van der Waals surface area contributed by atoms with Crippen molar-refractivity contribution in [3.8, 4) is 0 Å². The quantitative estimate of drug-likeness (QED) is 0.823. The number of hydrogen-bond acceptors (Lipinski definition) is 5. The van der Waals surface area contributed by atoms with Gasteiger partial charge in [-0.2, -0.15) is 0 Å². The molecule has 0 amide bonds. The number of aryl methyl sites for hydroxylation is 2. The highest BCUT2D eigenvalue weighted by Gasteiger charge is 2.37. The summed E-state index contributed by atoms with van der Waals surface area (Å²) in [6, 6.07) is 7.10. The van der Waals surface area contributed by atoms with E-state index in [-0.39, 0.29) is 18.1 Å². The largest absolute Gasteiger partial charge is 0.393 e. The first-order valence-electron chi connectivity index (χ1n) is 8.02. The Hall–Kier alpha value is -1.28. The number of sulfonamides is 1. The zero-order valence-electron chi connectivity index (χ0n) is 13.8. The lowest BCUT2D eigenvalue weighted by atomic mass is 9.76. The highest BCUT2D eigenvalue weighted by Crippen LogP contribution is 2.33. The fourth-order valence-corrected chi connectivity index (χ4v) is 6.00. The Kier molecular flexibility index (Phi) is 5.05. The van der Waals surface area contributed by atoms with Crippen LogP contribution in [0, 0.1) is 19.8 Å². The van der Waals surface area contributed by atoms with Crippen LogP contribution in [-0.2, 0) is 16.4 Å². The van der Waals surface area contributed by atoms with Gasteiger partial charge in [-0.3, -0.25) is 4.98 Å². The highest BCUT2D eigenvalue weighted by atomic mass is 32.2. The lowest BCUT2D eigenvalue weighted by molar-refractivity contribution is 0.0282. The molecule has 0 radical (unpaired) electrons. The van der Waals surface area contributed by atoms with E-state index in [2.05, 4.69) is 9.71 Å². The predicted molar refractivity (Wildman–Crippen MR) is 94.6 cm³/mol. The minimum absolute atomic E-state index is 0.136. The third-order valence-electron chi connectivity index (χ3n) is 4.47. The normalized spacial score (nSPS) is 22.1. The summed E-state index contributed by atoms with van der Waals surface area (Å²) in [6.45, 7) is 3.73. The fraction of sp³-hybridized carbons (Fsp3) is 0.471. The van der Waals surface area contributed by atoms with E-state index in [1.54, 1.807) is 12.3 Å². The van der Waals surface area contributed by atoms with Crippen molar-refractivity contribution in [3.63, 3.8) is 0 Å². The number of pyridine rings is 1.